The second-order valence-corrected chi connectivity index (χ2v) is 2.99. The minimum atomic E-state index is -2.01. The molecule has 7 heteroatoms. The van der Waals surface area contributed by atoms with Crippen molar-refractivity contribution in [3.05, 3.63) is 0 Å². The summed E-state index contributed by atoms with van der Waals surface area (Å²) in [5.41, 5.74) is 0. The Morgan fingerprint density at radius 2 is 1.45 bits per heavy atom. The van der Waals surface area contributed by atoms with Crippen molar-refractivity contribution < 1.29 is 13.6 Å². The van der Waals surface area contributed by atoms with Gasteiger partial charge in [0.05, 0.1) is 11.8 Å². The van der Waals surface area contributed by atoms with E-state index in [9.17, 15) is 4.57 Å². The van der Waals surface area contributed by atoms with Gasteiger partial charge in [-0.2, -0.15) is 0 Å². The standard InChI is InChI=1S/C4H8Cl2O3P.Li/c5-1-3-8-10(7)9-4-2-6;/h1-4H2;/q+1;. The second kappa shape index (κ2) is 11.2. The third-order valence-electron chi connectivity index (χ3n) is 0.548. The van der Waals surface area contributed by atoms with E-state index in [1.165, 1.54) is 0 Å². The van der Waals surface area contributed by atoms with Crippen LogP contribution in [0, 0.1) is 0 Å². The molecule has 0 unspecified atom stereocenters. The average Bonchev–Trinajstić information content (AvgIpc) is 1.97. The second-order valence-electron chi connectivity index (χ2n) is 1.27. The van der Waals surface area contributed by atoms with Gasteiger partial charge in [-0.3, -0.25) is 0 Å². The maximum atomic E-state index is 10.5. The van der Waals surface area contributed by atoms with E-state index in [1.54, 1.807) is 0 Å². The molecule has 0 aliphatic carbocycles. The molecule has 0 aliphatic heterocycles. The Labute approximate surface area is 88.8 Å². The summed E-state index contributed by atoms with van der Waals surface area (Å²) in [4.78, 5) is 0. The molecule has 0 atom stereocenters. The molecule has 3 nitrogen and oxygen atoms in total. The summed E-state index contributed by atoms with van der Waals surface area (Å²) in [7, 11) is -2.01. The minimum Gasteiger partial charge on any atom is -0.124 e. The maximum Gasteiger partial charge on any atom is 0.697 e. The largest absolute Gasteiger partial charge is 0.697 e. The molecule has 0 saturated heterocycles. The van der Waals surface area contributed by atoms with E-state index in [1.807, 2.05) is 0 Å². The maximum absolute atomic E-state index is 10.5. The zero-order valence-corrected chi connectivity index (χ0v) is 8.66. The Morgan fingerprint density at radius 1 is 1.09 bits per heavy atom. The van der Waals surface area contributed by atoms with Crippen LogP contribution in [0.3, 0.4) is 0 Å². The molecule has 0 amide bonds. The molecule has 0 fully saturated rings. The van der Waals surface area contributed by atoms with Crippen LogP contribution in [0.5, 0.6) is 0 Å². The summed E-state index contributed by atoms with van der Waals surface area (Å²) in [5.74, 6) is 0.622. The molecule has 0 aromatic rings. The molecule has 1 radical (unpaired) electrons. The molecule has 0 spiro atoms. The Hall–Kier alpha value is 1.20. The number of alkyl halides is 2. The summed E-state index contributed by atoms with van der Waals surface area (Å²) in [6.45, 7) is 0.470. The predicted molar refractivity (Wildman–Crippen MR) is 46.7 cm³/mol. The minimum absolute atomic E-state index is 0. The molecule has 0 aliphatic rings. The SMILES string of the molecule is O=[P+](OCCCl)OCCCl.[Li]. The van der Waals surface area contributed by atoms with E-state index >= 15 is 0 Å². The van der Waals surface area contributed by atoms with E-state index < -0.39 is 8.25 Å². The van der Waals surface area contributed by atoms with Crippen molar-refractivity contribution in [3.8, 4) is 0 Å². The van der Waals surface area contributed by atoms with Crippen molar-refractivity contribution in [2.45, 2.75) is 0 Å². The summed E-state index contributed by atoms with van der Waals surface area (Å²) < 4.78 is 19.7. The van der Waals surface area contributed by atoms with Crippen molar-refractivity contribution in [1.82, 2.24) is 0 Å². The van der Waals surface area contributed by atoms with Crippen LogP contribution < -0.4 is 0 Å². The number of halogens is 2. The van der Waals surface area contributed by atoms with Crippen molar-refractivity contribution >= 4 is 50.3 Å². The fourth-order valence-corrected chi connectivity index (χ4v) is 1.18. The predicted octanol–water partition coefficient (Wildman–Crippen LogP) is 1.77. The molecule has 0 N–H and O–H groups in total. The Bertz CT molecular complexity index is 95.3. The van der Waals surface area contributed by atoms with Crippen molar-refractivity contribution in [2.75, 3.05) is 25.0 Å². The smallest absolute Gasteiger partial charge is 0.124 e. The van der Waals surface area contributed by atoms with Crippen LogP contribution in [0.2, 0.25) is 0 Å². The van der Waals surface area contributed by atoms with E-state index in [2.05, 4.69) is 9.05 Å². The van der Waals surface area contributed by atoms with Gasteiger partial charge in [-0.05, 0) is 0 Å². The van der Waals surface area contributed by atoms with Crippen LogP contribution in [-0.2, 0) is 13.6 Å². The third kappa shape index (κ3) is 11.2. The van der Waals surface area contributed by atoms with Gasteiger partial charge in [-0.1, -0.05) is 0 Å². The van der Waals surface area contributed by atoms with Gasteiger partial charge in [0.1, 0.15) is 13.2 Å². The molecule has 0 aromatic heterocycles. The van der Waals surface area contributed by atoms with Gasteiger partial charge in [0.25, 0.3) is 0 Å². The first-order valence-corrected chi connectivity index (χ1v) is 4.82. The monoisotopic (exact) mass is 212 g/mol. The molecule has 0 rings (SSSR count). The van der Waals surface area contributed by atoms with E-state index in [-0.39, 0.29) is 32.1 Å². The summed E-state index contributed by atoms with van der Waals surface area (Å²) in [6, 6.07) is 0. The van der Waals surface area contributed by atoms with E-state index in [0.717, 1.165) is 0 Å². The van der Waals surface area contributed by atoms with Crippen molar-refractivity contribution in [1.29, 1.82) is 0 Å². The number of rotatable bonds is 6. The van der Waals surface area contributed by atoms with E-state index in [4.69, 9.17) is 23.2 Å². The van der Waals surface area contributed by atoms with Crippen LogP contribution in [0.25, 0.3) is 0 Å². The van der Waals surface area contributed by atoms with Gasteiger partial charge >= 0.3 is 8.25 Å². The van der Waals surface area contributed by atoms with Crippen LogP contribution in [0.15, 0.2) is 0 Å². The van der Waals surface area contributed by atoms with Gasteiger partial charge in [0.2, 0.25) is 0 Å². The first kappa shape index (κ1) is 14.7. The van der Waals surface area contributed by atoms with Gasteiger partial charge in [0.15, 0.2) is 0 Å². The summed E-state index contributed by atoms with van der Waals surface area (Å²) >= 11 is 10.5. The molecule has 0 aromatic carbocycles. The molecular formula is C4H8Cl2LiO3P+. The molecule has 0 bridgehead atoms. The molecule has 11 heavy (non-hydrogen) atoms. The fraction of sp³-hybridized carbons (Fsp3) is 1.00. The van der Waals surface area contributed by atoms with Crippen molar-refractivity contribution in [2.24, 2.45) is 0 Å². The first-order valence-electron chi connectivity index (χ1n) is 2.66. The fourth-order valence-electron chi connectivity index (χ4n) is 0.255. The number of hydrogen-bond donors (Lipinski definition) is 0. The molecule has 0 heterocycles. The normalized spacial score (nSPS) is 8.91. The summed E-state index contributed by atoms with van der Waals surface area (Å²) in [5, 5.41) is 0. The first-order chi connectivity index (χ1) is 4.81. The van der Waals surface area contributed by atoms with Gasteiger partial charge < -0.3 is 0 Å². The zero-order chi connectivity index (χ0) is 7.82. The molecule has 61 valence electrons. The van der Waals surface area contributed by atoms with Crippen LogP contribution in [-0.4, -0.2) is 43.8 Å². The quantitative estimate of drug-likeness (QED) is 0.383. The number of hydrogen-bond acceptors (Lipinski definition) is 3. The van der Waals surface area contributed by atoms with E-state index in [0.29, 0.717) is 11.8 Å². The molecule has 0 saturated carbocycles. The van der Waals surface area contributed by atoms with Gasteiger partial charge in [-0.25, -0.2) is 0 Å². The van der Waals surface area contributed by atoms with Crippen LogP contribution in [0.1, 0.15) is 0 Å². The summed E-state index contributed by atoms with van der Waals surface area (Å²) in [6.07, 6.45) is 0. The van der Waals surface area contributed by atoms with Crippen LogP contribution in [0.4, 0.5) is 0 Å². The van der Waals surface area contributed by atoms with Crippen molar-refractivity contribution in [3.63, 3.8) is 0 Å². The van der Waals surface area contributed by atoms with Crippen LogP contribution >= 0.6 is 31.5 Å². The zero-order valence-electron chi connectivity index (χ0n) is 6.26. The third-order valence-corrected chi connectivity index (χ3v) is 1.64. The molecular weight excluding hydrogens is 205 g/mol. The Kier molecular flexibility index (Phi) is 15.0. The Balaban J connectivity index is 0. The average molecular weight is 213 g/mol. The Morgan fingerprint density at radius 3 is 1.73 bits per heavy atom. The van der Waals surface area contributed by atoms with Gasteiger partial charge in [-0.15, -0.1) is 32.2 Å². The topological polar surface area (TPSA) is 35.5 Å². The van der Waals surface area contributed by atoms with Gasteiger partial charge in [0, 0.05) is 23.4 Å².